The highest BCUT2D eigenvalue weighted by Gasteiger charge is 2.22. The lowest BCUT2D eigenvalue weighted by atomic mass is 10.1. The van der Waals surface area contributed by atoms with E-state index in [1.807, 2.05) is 18.2 Å². The standard InChI is InChI=1S/C18H14ClF2N3OS/c1-10(16(25)11-7-8-14(20)15(21)9-11)26-18-23-22-17(24(18)2)12-5-3-4-6-13(12)19/h3-10H,1-2H3/t10-/m1/s1. The van der Waals surface area contributed by atoms with Gasteiger partial charge in [0.1, 0.15) is 0 Å². The molecule has 3 aromatic rings. The van der Waals surface area contributed by atoms with Gasteiger partial charge in [-0.2, -0.15) is 0 Å². The average Bonchev–Trinajstić information content (AvgIpc) is 2.97. The molecule has 4 nitrogen and oxygen atoms in total. The minimum Gasteiger partial charge on any atom is -0.305 e. The van der Waals surface area contributed by atoms with E-state index in [1.54, 1.807) is 24.6 Å². The third-order valence-electron chi connectivity index (χ3n) is 3.81. The van der Waals surface area contributed by atoms with Gasteiger partial charge in [-0.05, 0) is 37.3 Å². The Kier molecular flexibility index (Phi) is 5.38. The molecule has 0 aliphatic heterocycles. The second-order valence-electron chi connectivity index (χ2n) is 5.60. The molecule has 0 spiro atoms. The largest absolute Gasteiger partial charge is 0.305 e. The van der Waals surface area contributed by atoms with Crippen molar-refractivity contribution in [1.29, 1.82) is 0 Å². The summed E-state index contributed by atoms with van der Waals surface area (Å²) in [4.78, 5) is 12.5. The van der Waals surface area contributed by atoms with Crippen LogP contribution in [0.5, 0.6) is 0 Å². The Morgan fingerprint density at radius 2 is 1.88 bits per heavy atom. The second kappa shape index (κ2) is 7.55. The van der Waals surface area contributed by atoms with Gasteiger partial charge in [-0.3, -0.25) is 4.79 Å². The zero-order valence-corrected chi connectivity index (χ0v) is 15.5. The summed E-state index contributed by atoms with van der Waals surface area (Å²) in [5, 5.41) is 8.77. The van der Waals surface area contributed by atoms with Crippen LogP contribution in [0.15, 0.2) is 47.6 Å². The predicted octanol–water partition coefficient (Wildman–Crippen LogP) is 4.78. The van der Waals surface area contributed by atoms with Gasteiger partial charge < -0.3 is 4.57 Å². The van der Waals surface area contributed by atoms with Crippen molar-refractivity contribution < 1.29 is 13.6 Å². The summed E-state index contributed by atoms with van der Waals surface area (Å²) in [7, 11) is 1.77. The molecule has 0 aliphatic carbocycles. The number of benzene rings is 2. The minimum absolute atomic E-state index is 0.109. The van der Waals surface area contributed by atoms with Gasteiger partial charge in [0.15, 0.2) is 28.4 Å². The number of ketones is 1. The SMILES string of the molecule is C[C@@H](Sc1nnc(-c2ccccc2Cl)n1C)C(=O)c1ccc(F)c(F)c1. The van der Waals surface area contributed by atoms with Crippen molar-refractivity contribution >= 4 is 29.1 Å². The molecule has 0 saturated heterocycles. The van der Waals surface area contributed by atoms with Crippen LogP contribution < -0.4 is 0 Å². The Labute approximate surface area is 158 Å². The van der Waals surface area contributed by atoms with Crippen molar-refractivity contribution in [2.24, 2.45) is 7.05 Å². The van der Waals surface area contributed by atoms with E-state index in [-0.39, 0.29) is 11.3 Å². The van der Waals surface area contributed by atoms with Crippen LogP contribution in [0.3, 0.4) is 0 Å². The fourth-order valence-electron chi connectivity index (χ4n) is 2.39. The summed E-state index contributed by atoms with van der Waals surface area (Å²) in [6, 6.07) is 10.4. The molecule has 0 bridgehead atoms. The van der Waals surface area contributed by atoms with Gasteiger partial charge in [0, 0.05) is 18.2 Å². The van der Waals surface area contributed by atoms with Crippen molar-refractivity contribution in [3.05, 3.63) is 64.7 Å². The van der Waals surface area contributed by atoms with Gasteiger partial charge in [-0.1, -0.05) is 35.5 Å². The fraction of sp³-hybridized carbons (Fsp3) is 0.167. The summed E-state index contributed by atoms with van der Waals surface area (Å²) in [6.07, 6.45) is 0. The van der Waals surface area contributed by atoms with Crippen molar-refractivity contribution in [3.8, 4) is 11.4 Å². The molecule has 134 valence electrons. The van der Waals surface area contributed by atoms with Crippen LogP contribution in [0.2, 0.25) is 5.02 Å². The van der Waals surface area contributed by atoms with Gasteiger partial charge in [-0.15, -0.1) is 10.2 Å². The molecule has 0 N–H and O–H groups in total. The lowest BCUT2D eigenvalue weighted by Gasteiger charge is -2.10. The smallest absolute Gasteiger partial charge is 0.191 e. The molecule has 1 atom stereocenters. The molecule has 0 radical (unpaired) electrons. The van der Waals surface area contributed by atoms with Gasteiger partial charge in [0.2, 0.25) is 0 Å². The first-order chi connectivity index (χ1) is 12.4. The van der Waals surface area contributed by atoms with Crippen molar-refractivity contribution in [2.45, 2.75) is 17.3 Å². The number of hydrogen-bond acceptors (Lipinski definition) is 4. The third kappa shape index (κ3) is 3.64. The van der Waals surface area contributed by atoms with E-state index in [0.717, 1.165) is 17.7 Å². The predicted molar refractivity (Wildman–Crippen MR) is 97.5 cm³/mol. The topological polar surface area (TPSA) is 47.8 Å². The summed E-state index contributed by atoms with van der Waals surface area (Å²) >= 11 is 7.38. The summed E-state index contributed by atoms with van der Waals surface area (Å²) in [5.74, 6) is -1.78. The molecule has 0 saturated carbocycles. The molecule has 0 aliphatic rings. The Balaban J connectivity index is 1.82. The van der Waals surface area contributed by atoms with Crippen molar-refractivity contribution in [2.75, 3.05) is 0 Å². The quantitative estimate of drug-likeness (QED) is 0.462. The average molecular weight is 394 g/mol. The number of thioether (sulfide) groups is 1. The lowest BCUT2D eigenvalue weighted by Crippen LogP contribution is -2.15. The van der Waals surface area contributed by atoms with Gasteiger partial charge in [0.05, 0.1) is 10.3 Å². The van der Waals surface area contributed by atoms with E-state index in [1.165, 1.54) is 17.8 Å². The van der Waals surface area contributed by atoms with E-state index in [0.29, 0.717) is 16.0 Å². The molecule has 2 aromatic carbocycles. The number of rotatable bonds is 5. The Morgan fingerprint density at radius 3 is 2.58 bits per heavy atom. The number of aromatic nitrogens is 3. The van der Waals surface area contributed by atoms with E-state index in [9.17, 15) is 13.6 Å². The number of halogens is 3. The van der Waals surface area contributed by atoms with Crippen LogP contribution in [0.4, 0.5) is 8.78 Å². The summed E-state index contributed by atoms with van der Waals surface area (Å²) in [5.41, 5.74) is 0.841. The second-order valence-corrected chi connectivity index (χ2v) is 7.31. The summed E-state index contributed by atoms with van der Waals surface area (Å²) < 4.78 is 28.1. The van der Waals surface area contributed by atoms with Gasteiger partial charge in [0.25, 0.3) is 0 Å². The zero-order valence-electron chi connectivity index (χ0n) is 13.9. The highest BCUT2D eigenvalue weighted by molar-refractivity contribution is 8.00. The normalized spacial score (nSPS) is 12.2. The monoisotopic (exact) mass is 393 g/mol. The van der Waals surface area contributed by atoms with Crippen LogP contribution in [0, 0.1) is 11.6 Å². The van der Waals surface area contributed by atoms with Crippen LogP contribution in [-0.2, 0) is 7.05 Å². The van der Waals surface area contributed by atoms with Crippen LogP contribution in [0.25, 0.3) is 11.4 Å². The Hall–Kier alpha value is -2.25. The van der Waals surface area contributed by atoms with Crippen LogP contribution in [-0.4, -0.2) is 25.8 Å². The molecular weight excluding hydrogens is 380 g/mol. The molecule has 8 heteroatoms. The maximum absolute atomic E-state index is 13.3. The maximum atomic E-state index is 13.3. The van der Waals surface area contributed by atoms with E-state index in [2.05, 4.69) is 10.2 Å². The van der Waals surface area contributed by atoms with Crippen molar-refractivity contribution in [1.82, 2.24) is 14.8 Å². The summed E-state index contributed by atoms with van der Waals surface area (Å²) in [6.45, 7) is 1.68. The number of Topliss-reactive ketones (excluding diaryl/α,β-unsaturated/α-hetero) is 1. The number of carbonyl (C=O) groups excluding carboxylic acids is 1. The molecule has 0 fully saturated rings. The number of carbonyl (C=O) groups is 1. The molecule has 0 amide bonds. The first-order valence-corrected chi connectivity index (χ1v) is 8.94. The number of nitrogens with zero attached hydrogens (tertiary/aromatic N) is 3. The maximum Gasteiger partial charge on any atom is 0.191 e. The van der Waals surface area contributed by atoms with Crippen molar-refractivity contribution in [3.63, 3.8) is 0 Å². The Bertz CT molecular complexity index is 977. The van der Waals surface area contributed by atoms with E-state index >= 15 is 0 Å². The van der Waals surface area contributed by atoms with E-state index < -0.39 is 16.9 Å². The van der Waals surface area contributed by atoms with Crippen LogP contribution >= 0.6 is 23.4 Å². The molecule has 1 aromatic heterocycles. The molecule has 1 heterocycles. The highest BCUT2D eigenvalue weighted by atomic mass is 35.5. The minimum atomic E-state index is -1.05. The lowest BCUT2D eigenvalue weighted by molar-refractivity contribution is 0.0993. The molecule has 0 unspecified atom stereocenters. The molecule has 3 rings (SSSR count). The Morgan fingerprint density at radius 1 is 1.15 bits per heavy atom. The zero-order chi connectivity index (χ0) is 18.8. The highest BCUT2D eigenvalue weighted by Crippen LogP contribution is 2.30. The first kappa shape index (κ1) is 18.5. The van der Waals surface area contributed by atoms with Crippen LogP contribution in [0.1, 0.15) is 17.3 Å². The molecular formula is C18H14ClF2N3OS. The number of hydrogen-bond donors (Lipinski definition) is 0. The molecule has 26 heavy (non-hydrogen) atoms. The van der Waals surface area contributed by atoms with Gasteiger partial charge in [-0.25, -0.2) is 8.78 Å². The fourth-order valence-corrected chi connectivity index (χ4v) is 3.50. The first-order valence-electron chi connectivity index (χ1n) is 7.68. The van der Waals surface area contributed by atoms with E-state index in [4.69, 9.17) is 11.6 Å². The van der Waals surface area contributed by atoms with Gasteiger partial charge >= 0.3 is 0 Å². The third-order valence-corrected chi connectivity index (χ3v) is 5.27.